The van der Waals surface area contributed by atoms with Crippen molar-refractivity contribution in [3.63, 3.8) is 0 Å². The molecule has 0 bridgehead atoms. The number of hydrogen-bond donors (Lipinski definition) is 1. The number of amides is 1. The summed E-state index contributed by atoms with van der Waals surface area (Å²) in [5.41, 5.74) is 7.49. The van der Waals surface area contributed by atoms with E-state index >= 15 is 0 Å². The van der Waals surface area contributed by atoms with Crippen LogP contribution in [0.25, 0.3) is 0 Å². The van der Waals surface area contributed by atoms with Crippen LogP contribution in [0.2, 0.25) is 0 Å². The van der Waals surface area contributed by atoms with E-state index in [4.69, 9.17) is 5.73 Å². The average Bonchev–Trinajstić information content (AvgIpc) is 2.48. The lowest BCUT2D eigenvalue weighted by atomic mass is 10.1. The Kier molecular flexibility index (Phi) is 5.55. The van der Waals surface area contributed by atoms with Crippen LogP contribution in [0.3, 0.4) is 0 Å². The number of rotatable bonds is 5. The molecular formula is C16H17IN2O. The average molecular weight is 380 g/mol. The third kappa shape index (κ3) is 3.80. The van der Waals surface area contributed by atoms with Crippen molar-refractivity contribution in [2.45, 2.75) is 6.54 Å². The molecule has 1 amide bonds. The molecule has 2 aromatic carbocycles. The Labute approximate surface area is 132 Å². The van der Waals surface area contributed by atoms with Crippen LogP contribution in [0.4, 0.5) is 0 Å². The summed E-state index contributed by atoms with van der Waals surface area (Å²) < 4.78 is 0.963. The van der Waals surface area contributed by atoms with Gasteiger partial charge in [0.2, 0.25) is 0 Å². The highest BCUT2D eigenvalue weighted by molar-refractivity contribution is 14.1. The summed E-state index contributed by atoms with van der Waals surface area (Å²) >= 11 is 2.19. The summed E-state index contributed by atoms with van der Waals surface area (Å²) in [4.78, 5) is 14.4. The third-order valence-corrected chi connectivity index (χ3v) is 3.95. The Hall–Kier alpha value is -1.40. The SMILES string of the molecule is NCCN(Cc1ccccc1)C(=O)c1ccccc1I. The Bertz CT molecular complexity index is 572. The molecule has 20 heavy (non-hydrogen) atoms. The van der Waals surface area contributed by atoms with Gasteiger partial charge in [0.05, 0.1) is 5.56 Å². The van der Waals surface area contributed by atoms with E-state index in [-0.39, 0.29) is 5.91 Å². The molecule has 0 saturated carbocycles. The van der Waals surface area contributed by atoms with Gasteiger partial charge in [-0.05, 0) is 40.3 Å². The molecule has 0 aliphatic heterocycles. The first kappa shape index (κ1) is 15.0. The van der Waals surface area contributed by atoms with Crippen molar-refractivity contribution in [3.8, 4) is 0 Å². The quantitative estimate of drug-likeness (QED) is 0.811. The molecule has 104 valence electrons. The minimum atomic E-state index is 0.0318. The Morgan fingerprint density at radius 1 is 1.05 bits per heavy atom. The van der Waals surface area contributed by atoms with Gasteiger partial charge in [-0.25, -0.2) is 0 Å². The maximum atomic E-state index is 12.6. The minimum absolute atomic E-state index is 0.0318. The standard InChI is InChI=1S/C16H17IN2O/c17-15-9-5-4-8-14(15)16(20)19(11-10-18)12-13-6-2-1-3-7-13/h1-9H,10-12,18H2. The van der Waals surface area contributed by atoms with E-state index < -0.39 is 0 Å². The van der Waals surface area contributed by atoms with Crippen LogP contribution >= 0.6 is 22.6 Å². The number of carbonyl (C=O) groups is 1. The second-order valence-electron chi connectivity index (χ2n) is 4.48. The van der Waals surface area contributed by atoms with Gasteiger partial charge in [0, 0.05) is 23.2 Å². The highest BCUT2D eigenvalue weighted by atomic mass is 127. The number of halogens is 1. The second-order valence-corrected chi connectivity index (χ2v) is 5.64. The summed E-state index contributed by atoms with van der Waals surface area (Å²) in [5, 5.41) is 0. The number of nitrogens with zero attached hydrogens (tertiary/aromatic N) is 1. The fourth-order valence-corrected chi connectivity index (χ4v) is 2.64. The van der Waals surface area contributed by atoms with Crippen LogP contribution in [0.1, 0.15) is 15.9 Å². The smallest absolute Gasteiger partial charge is 0.255 e. The van der Waals surface area contributed by atoms with E-state index in [1.54, 1.807) is 4.90 Å². The lowest BCUT2D eigenvalue weighted by Crippen LogP contribution is -2.35. The van der Waals surface area contributed by atoms with E-state index in [0.29, 0.717) is 19.6 Å². The molecular weight excluding hydrogens is 363 g/mol. The summed E-state index contributed by atoms with van der Waals surface area (Å²) in [6.07, 6.45) is 0. The lowest BCUT2D eigenvalue weighted by molar-refractivity contribution is 0.0747. The molecule has 0 spiro atoms. The maximum Gasteiger partial charge on any atom is 0.255 e. The summed E-state index contributed by atoms with van der Waals surface area (Å²) in [6.45, 7) is 1.60. The van der Waals surface area contributed by atoms with Crippen molar-refractivity contribution in [1.29, 1.82) is 0 Å². The topological polar surface area (TPSA) is 46.3 Å². The molecule has 0 aromatic heterocycles. The predicted octanol–water partition coefficient (Wildman–Crippen LogP) is 2.89. The normalized spacial score (nSPS) is 10.3. The number of nitrogens with two attached hydrogens (primary N) is 1. The van der Waals surface area contributed by atoms with Gasteiger partial charge >= 0.3 is 0 Å². The van der Waals surface area contributed by atoms with Gasteiger partial charge in [0.1, 0.15) is 0 Å². The monoisotopic (exact) mass is 380 g/mol. The van der Waals surface area contributed by atoms with Crippen LogP contribution in [-0.4, -0.2) is 23.9 Å². The van der Waals surface area contributed by atoms with E-state index in [1.807, 2.05) is 54.6 Å². The fourth-order valence-electron chi connectivity index (χ4n) is 2.02. The highest BCUT2D eigenvalue weighted by Gasteiger charge is 2.17. The van der Waals surface area contributed by atoms with Gasteiger partial charge in [-0.2, -0.15) is 0 Å². The number of benzene rings is 2. The van der Waals surface area contributed by atoms with Gasteiger partial charge in [0.25, 0.3) is 5.91 Å². The second kappa shape index (κ2) is 7.40. The molecule has 0 aliphatic rings. The zero-order valence-electron chi connectivity index (χ0n) is 11.1. The first-order valence-electron chi connectivity index (χ1n) is 6.50. The van der Waals surface area contributed by atoms with Crippen LogP contribution in [0.15, 0.2) is 54.6 Å². The lowest BCUT2D eigenvalue weighted by Gasteiger charge is -2.22. The first-order chi connectivity index (χ1) is 9.72. The summed E-state index contributed by atoms with van der Waals surface area (Å²) in [5.74, 6) is 0.0318. The molecule has 2 aromatic rings. The van der Waals surface area contributed by atoms with Gasteiger partial charge in [-0.15, -0.1) is 0 Å². The Balaban J connectivity index is 2.20. The van der Waals surface area contributed by atoms with Crippen LogP contribution in [-0.2, 0) is 6.54 Å². The molecule has 0 saturated heterocycles. The molecule has 0 aliphatic carbocycles. The molecule has 0 fully saturated rings. The summed E-state index contributed by atoms with van der Waals surface area (Å²) in [6, 6.07) is 17.6. The Morgan fingerprint density at radius 3 is 2.35 bits per heavy atom. The van der Waals surface area contributed by atoms with Gasteiger partial charge in [-0.3, -0.25) is 4.79 Å². The molecule has 2 rings (SSSR count). The zero-order chi connectivity index (χ0) is 14.4. The van der Waals surface area contributed by atoms with Crippen molar-refractivity contribution in [1.82, 2.24) is 4.90 Å². The maximum absolute atomic E-state index is 12.6. The number of hydrogen-bond acceptors (Lipinski definition) is 2. The highest BCUT2D eigenvalue weighted by Crippen LogP contribution is 2.15. The molecule has 2 N–H and O–H groups in total. The summed E-state index contributed by atoms with van der Waals surface area (Å²) in [7, 11) is 0. The van der Waals surface area contributed by atoms with Crippen molar-refractivity contribution < 1.29 is 4.79 Å². The minimum Gasteiger partial charge on any atom is -0.333 e. The molecule has 0 radical (unpaired) electrons. The van der Waals surface area contributed by atoms with Crippen LogP contribution in [0.5, 0.6) is 0 Å². The fraction of sp³-hybridized carbons (Fsp3) is 0.188. The van der Waals surface area contributed by atoms with E-state index in [2.05, 4.69) is 22.6 Å². The largest absolute Gasteiger partial charge is 0.333 e. The van der Waals surface area contributed by atoms with Gasteiger partial charge < -0.3 is 10.6 Å². The van der Waals surface area contributed by atoms with Crippen LogP contribution < -0.4 is 5.73 Å². The van der Waals surface area contributed by atoms with E-state index in [0.717, 1.165) is 14.7 Å². The van der Waals surface area contributed by atoms with E-state index in [1.165, 1.54) is 0 Å². The number of carbonyl (C=O) groups excluding carboxylic acids is 1. The van der Waals surface area contributed by atoms with Crippen molar-refractivity contribution in [2.24, 2.45) is 5.73 Å². The van der Waals surface area contributed by atoms with Crippen molar-refractivity contribution in [2.75, 3.05) is 13.1 Å². The molecule has 0 atom stereocenters. The molecule has 4 heteroatoms. The van der Waals surface area contributed by atoms with E-state index in [9.17, 15) is 4.79 Å². The van der Waals surface area contributed by atoms with Crippen molar-refractivity contribution >= 4 is 28.5 Å². The van der Waals surface area contributed by atoms with Crippen LogP contribution in [0, 0.1) is 3.57 Å². The zero-order valence-corrected chi connectivity index (χ0v) is 13.3. The molecule has 0 heterocycles. The van der Waals surface area contributed by atoms with Crippen molar-refractivity contribution in [3.05, 3.63) is 69.3 Å². The predicted molar refractivity (Wildman–Crippen MR) is 89.4 cm³/mol. The Morgan fingerprint density at radius 2 is 1.70 bits per heavy atom. The third-order valence-electron chi connectivity index (χ3n) is 3.01. The van der Waals surface area contributed by atoms with Gasteiger partial charge in [0.15, 0.2) is 0 Å². The molecule has 0 unspecified atom stereocenters. The van der Waals surface area contributed by atoms with Gasteiger partial charge in [-0.1, -0.05) is 42.5 Å². The molecule has 3 nitrogen and oxygen atoms in total. The first-order valence-corrected chi connectivity index (χ1v) is 7.58.